The first kappa shape index (κ1) is 20.2. The Kier molecular flexibility index (Phi) is 15.0. The average Bonchev–Trinajstić information content (AvgIpc) is 2.45. The minimum atomic E-state index is 0.583. The van der Waals surface area contributed by atoms with Gasteiger partial charge in [0.15, 0.2) is 5.96 Å². The maximum Gasteiger partial charge on any atom is 0.191 e. The summed E-state index contributed by atoms with van der Waals surface area (Å²) in [5, 5.41) is 6.51. The molecule has 0 unspecified atom stereocenters. The van der Waals surface area contributed by atoms with E-state index >= 15 is 0 Å². The van der Waals surface area contributed by atoms with Crippen LogP contribution in [0.25, 0.3) is 0 Å². The second-order valence-corrected chi connectivity index (χ2v) is 5.48. The number of aliphatic imine (C=N–C) groups is 1. The van der Waals surface area contributed by atoms with Crippen LogP contribution in [0.4, 0.5) is 0 Å². The summed E-state index contributed by atoms with van der Waals surface area (Å²) in [7, 11) is 0. The standard InChI is InChI=1S/C16H35N3O2/c1-5-7-11-20-12-8-9-18-16(17-6-2)19-10-13-21-14-15(3)4/h15H,5-14H2,1-4H3,(H2,17,18,19). The SMILES string of the molecule is CCCCOCCCN=C(NCC)NCCOCC(C)C. The van der Waals surface area contributed by atoms with Crippen molar-refractivity contribution < 1.29 is 9.47 Å². The lowest BCUT2D eigenvalue weighted by Crippen LogP contribution is -2.39. The summed E-state index contributed by atoms with van der Waals surface area (Å²) < 4.78 is 11.1. The van der Waals surface area contributed by atoms with Gasteiger partial charge in [0.2, 0.25) is 0 Å². The molecule has 2 N–H and O–H groups in total. The molecule has 0 atom stereocenters. The molecule has 0 saturated carbocycles. The minimum Gasteiger partial charge on any atom is -0.381 e. The van der Waals surface area contributed by atoms with E-state index in [0.717, 1.165) is 58.3 Å². The van der Waals surface area contributed by atoms with Crippen molar-refractivity contribution in [3.8, 4) is 0 Å². The molecule has 0 rings (SSSR count). The van der Waals surface area contributed by atoms with Gasteiger partial charge in [0, 0.05) is 39.5 Å². The van der Waals surface area contributed by atoms with Crippen LogP contribution < -0.4 is 10.6 Å². The first-order chi connectivity index (χ1) is 10.2. The summed E-state index contributed by atoms with van der Waals surface area (Å²) in [6, 6.07) is 0. The number of hydrogen-bond acceptors (Lipinski definition) is 3. The molecule has 0 aliphatic heterocycles. The molecular weight excluding hydrogens is 266 g/mol. The largest absolute Gasteiger partial charge is 0.381 e. The van der Waals surface area contributed by atoms with Gasteiger partial charge in [-0.15, -0.1) is 0 Å². The Labute approximate surface area is 130 Å². The summed E-state index contributed by atoms with van der Waals surface area (Å²) in [4.78, 5) is 4.52. The van der Waals surface area contributed by atoms with Crippen LogP contribution in [-0.2, 0) is 9.47 Å². The predicted molar refractivity (Wildman–Crippen MR) is 90.0 cm³/mol. The zero-order valence-electron chi connectivity index (χ0n) is 14.4. The van der Waals surface area contributed by atoms with Gasteiger partial charge in [-0.05, 0) is 25.7 Å². The smallest absolute Gasteiger partial charge is 0.191 e. The highest BCUT2D eigenvalue weighted by molar-refractivity contribution is 5.79. The van der Waals surface area contributed by atoms with E-state index in [1.54, 1.807) is 0 Å². The summed E-state index contributed by atoms with van der Waals surface area (Å²) in [6.07, 6.45) is 3.29. The fourth-order valence-electron chi connectivity index (χ4n) is 1.61. The van der Waals surface area contributed by atoms with E-state index in [4.69, 9.17) is 9.47 Å². The zero-order valence-corrected chi connectivity index (χ0v) is 14.4. The normalized spacial score (nSPS) is 12.0. The van der Waals surface area contributed by atoms with E-state index in [0.29, 0.717) is 12.5 Å². The molecule has 0 heterocycles. The molecule has 0 aliphatic rings. The van der Waals surface area contributed by atoms with E-state index in [9.17, 15) is 0 Å². The van der Waals surface area contributed by atoms with Crippen LogP contribution in [0.15, 0.2) is 4.99 Å². The topological polar surface area (TPSA) is 54.9 Å². The van der Waals surface area contributed by atoms with Gasteiger partial charge in [-0.3, -0.25) is 4.99 Å². The lowest BCUT2D eigenvalue weighted by atomic mass is 10.2. The van der Waals surface area contributed by atoms with Crippen LogP contribution in [0, 0.1) is 5.92 Å². The van der Waals surface area contributed by atoms with Gasteiger partial charge in [-0.2, -0.15) is 0 Å². The fraction of sp³-hybridized carbons (Fsp3) is 0.938. The highest BCUT2D eigenvalue weighted by atomic mass is 16.5. The Hall–Kier alpha value is -0.810. The van der Waals surface area contributed by atoms with Crippen molar-refractivity contribution in [1.29, 1.82) is 0 Å². The third-order valence-electron chi connectivity index (χ3n) is 2.69. The van der Waals surface area contributed by atoms with E-state index in [-0.39, 0.29) is 0 Å². The minimum absolute atomic E-state index is 0.583. The zero-order chi connectivity index (χ0) is 15.8. The van der Waals surface area contributed by atoms with E-state index in [2.05, 4.69) is 43.3 Å². The number of rotatable bonds is 13. The van der Waals surface area contributed by atoms with Crippen molar-refractivity contribution in [2.75, 3.05) is 46.1 Å². The summed E-state index contributed by atoms with van der Waals surface area (Å²) in [5.41, 5.74) is 0. The highest BCUT2D eigenvalue weighted by Gasteiger charge is 1.97. The molecule has 0 aromatic rings. The van der Waals surface area contributed by atoms with Crippen molar-refractivity contribution in [2.24, 2.45) is 10.9 Å². The Morgan fingerprint density at radius 2 is 1.76 bits per heavy atom. The Bertz CT molecular complexity index is 246. The molecule has 5 heteroatoms. The molecule has 0 aliphatic carbocycles. The van der Waals surface area contributed by atoms with Crippen LogP contribution >= 0.6 is 0 Å². The van der Waals surface area contributed by atoms with E-state index in [1.165, 1.54) is 6.42 Å². The molecular formula is C16H35N3O2. The second kappa shape index (κ2) is 15.6. The number of hydrogen-bond donors (Lipinski definition) is 2. The average molecular weight is 301 g/mol. The Morgan fingerprint density at radius 1 is 1.00 bits per heavy atom. The molecule has 0 aromatic carbocycles. The van der Waals surface area contributed by atoms with Crippen molar-refractivity contribution in [2.45, 2.75) is 47.0 Å². The monoisotopic (exact) mass is 301 g/mol. The maximum absolute atomic E-state index is 5.54. The fourth-order valence-corrected chi connectivity index (χ4v) is 1.61. The van der Waals surface area contributed by atoms with Crippen LogP contribution in [0.3, 0.4) is 0 Å². The molecule has 21 heavy (non-hydrogen) atoms. The maximum atomic E-state index is 5.54. The Morgan fingerprint density at radius 3 is 2.43 bits per heavy atom. The number of nitrogens with one attached hydrogen (secondary N) is 2. The van der Waals surface area contributed by atoms with Crippen LogP contribution in [0.2, 0.25) is 0 Å². The van der Waals surface area contributed by atoms with Gasteiger partial charge < -0.3 is 20.1 Å². The number of guanidine groups is 1. The summed E-state index contributed by atoms with van der Waals surface area (Å²) >= 11 is 0. The molecule has 0 bridgehead atoms. The third-order valence-corrected chi connectivity index (χ3v) is 2.69. The van der Waals surface area contributed by atoms with Crippen molar-refractivity contribution in [3.63, 3.8) is 0 Å². The van der Waals surface area contributed by atoms with Gasteiger partial charge in [-0.1, -0.05) is 27.2 Å². The lowest BCUT2D eigenvalue weighted by Gasteiger charge is -2.12. The molecule has 0 fully saturated rings. The number of unbranched alkanes of at least 4 members (excludes halogenated alkanes) is 1. The van der Waals surface area contributed by atoms with Gasteiger partial charge >= 0.3 is 0 Å². The molecule has 0 radical (unpaired) electrons. The lowest BCUT2D eigenvalue weighted by molar-refractivity contribution is 0.114. The first-order valence-electron chi connectivity index (χ1n) is 8.38. The van der Waals surface area contributed by atoms with Crippen molar-refractivity contribution in [3.05, 3.63) is 0 Å². The second-order valence-electron chi connectivity index (χ2n) is 5.48. The van der Waals surface area contributed by atoms with Gasteiger partial charge in [0.1, 0.15) is 0 Å². The molecule has 5 nitrogen and oxygen atoms in total. The van der Waals surface area contributed by atoms with Crippen LogP contribution in [-0.4, -0.2) is 52.0 Å². The van der Waals surface area contributed by atoms with Gasteiger partial charge in [0.25, 0.3) is 0 Å². The summed E-state index contributed by atoms with van der Waals surface area (Å²) in [5.74, 6) is 1.44. The first-order valence-corrected chi connectivity index (χ1v) is 8.38. The molecule has 0 amide bonds. The van der Waals surface area contributed by atoms with Crippen molar-refractivity contribution >= 4 is 5.96 Å². The van der Waals surface area contributed by atoms with Gasteiger partial charge in [-0.25, -0.2) is 0 Å². The van der Waals surface area contributed by atoms with E-state index < -0.39 is 0 Å². The molecule has 0 saturated heterocycles. The predicted octanol–water partition coefficient (Wildman–Crippen LogP) is 2.42. The quantitative estimate of drug-likeness (QED) is 0.312. The van der Waals surface area contributed by atoms with Crippen molar-refractivity contribution in [1.82, 2.24) is 10.6 Å². The molecule has 0 spiro atoms. The third kappa shape index (κ3) is 15.4. The van der Waals surface area contributed by atoms with Crippen LogP contribution in [0.1, 0.15) is 47.0 Å². The Balaban J connectivity index is 3.65. The van der Waals surface area contributed by atoms with Crippen LogP contribution in [0.5, 0.6) is 0 Å². The molecule has 0 aromatic heterocycles. The number of nitrogens with zero attached hydrogens (tertiary/aromatic N) is 1. The van der Waals surface area contributed by atoms with E-state index in [1.807, 2.05) is 0 Å². The highest BCUT2D eigenvalue weighted by Crippen LogP contribution is 1.92. The molecule has 126 valence electrons. The van der Waals surface area contributed by atoms with Gasteiger partial charge in [0.05, 0.1) is 6.61 Å². The summed E-state index contributed by atoms with van der Waals surface area (Å²) in [6.45, 7) is 14.2. The number of ether oxygens (including phenoxy) is 2.